The fourth-order valence-corrected chi connectivity index (χ4v) is 4.90. The van der Waals surface area contributed by atoms with Crippen molar-refractivity contribution >= 4 is 28.4 Å². The number of para-hydroxylation sites is 1. The van der Waals surface area contributed by atoms with Crippen molar-refractivity contribution in [1.82, 2.24) is 14.5 Å². The van der Waals surface area contributed by atoms with Crippen molar-refractivity contribution in [2.24, 2.45) is 5.92 Å². The Labute approximate surface area is 206 Å². The Morgan fingerprint density at radius 2 is 1.82 bits per heavy atom. The van der Waals surface area contributed by atoms with E-state index in [1.54, 1.807) is 16.7 Å². The van der Waals surface area contributed by atoms with Gasteiger partial charge in [-0.25, -0.2) is 4.98 Å². The third-order valence-electron chi connectivity index (χ3n) is 6.94. The molecule has 1 saturated carbocycles. The molecule has 1 amide bonds. The first-order valence-electron chi connectivity index (χ1n) is 12.6. The highest BCUT2D eigenvalue weighted by molar-refractivity contribution is 6.30. The fourth-order valence-electron chi connectivity index (χ4n) is 4.77. The van der Waals surface area contributed by atoms with Crippen LogP contribution in [0, 0.1) is 5.92 Å². The lowest BCUT2D eigenvalue weighted by Gasteiger charge is -2.37. The number of halogens is 1. The number of nitrogens with zero attached hydrogens (tertiary/aromatic N) is 3. The van der Waals surface area contributed by atoms with Gasteiger partial charge in [-0.05, 0) is 62.1 Å². The zero-order valence-electron chi connectivity index (χ0n) is 20.2. The molecule has 1 aromatic heterocycles. The zero-order valence-corrected chi connectivity index (χ0v) is 20.9. The molecule has 1 heterocycles. The number of rotatable bonds is 10. The second kappa shape index (κ2) is 11.2. The van der Waals surface area contributed by atoms with E-state index >= 15 is 0 Å². The summed E-state index contributed by atoms with van der Waals surface area (Å²) < 4.78 is 1.68. The predicted molar refractivity (Wildman–Crippen MR) is 139 cm³/mol. The maximum absolute atomic E-state index is 13.7. The number of hydrogen-bond acceptors (Lipinski definition) is 3. The van der Waals surface area contributed by atoms with Crippen molar-refractivity contribution < 1.29 is 4.79 Å². The molecule has 1 aliphatic rings. The average molecular weight is 480 g/mol. The topological polar surface area (TPSA) is 55.2 Å². The first-order chi connectivity index (χ1) is 16.5. The number of carbonyl (C=O) groups is 1. The van der Waals surface area contributed by atoms with Crippen molar-refractivity contribution in [2.45, 2.75) is 71.3 Å². The minimum absolute atomic E-state index is 0.0939. The quantitative estimate of drug-likeness (QED) is 0.304. The molecule has 0 saturated heterocycles. The normalized spacial score (nSPS) is 14.7. The minimum atomic E-state index is -0.275. The third-order valence-corrected chi connectivity index (χ3v) is 7.19. The number of benzene rings is 2. The molecule has 180 valence electrons. The van der Waals surface area contributed by atoms with E-state index in [1.165, 1.54) is 0 Å². The molecule has 1 fully saturated rings. The second-order valence-corrected chi connectivity index (χ2v) is 9.68. The van der Waals surface area contributed by atoms with Crippen molar-refractivity contribution in [2.75, 3.05) is 6.54 Å². The van der Waals surface area contributed by atoms with Gasteiger partial charge in [0.25, 0.3) is 5.56 Å². The number of aromatic nitrogens is 2. The molecule has 4 rings (SSSR count). The van der Waals surface area contributed by atoms with Crippen LogP contribution in [-0.4, -0.2) is 26.9 Å². The van der Waals surface area contributed by atoms with Crippen LogP contribution in [0.5, 0.6) is 0 Å². The smallest absolute Gasteiger partial charge is 0.266 e. The molecule has 1 unspecified atom stereocenters. The summed E-state index contributed by atoms with van der Waals surface area (Å²) >= 11 is 6.14. The summed E-state index contributed by atoms with van der Waals surface area (Å²) in [6.07, 6.45) is 8.07. The van der Waals surface area contributed by atoms with E-state index in [1.807, 2.05) is 41.3 Å². The van der Waals surface area contributed by atoms with Crippen LogP contribution < -0.4 is 5.56 Å². The van der Waals surface area contributed by atoms with E-state index in [9.17, 15) is 9.59 Å². The van der Waals surface area contributed by atoms with Crippen LogP contribution in [0.1, 0.15) is 77.1 Å². The predicted octanol–water partition coefficient (Wildman–Crippen LogP) is 6.70. The SMILES string of the molecule is CCCCCCN(C(=O)C1CCC1)C(CC)c1nc2ccccc2c(=O)n1-c1ccc(Cl)cc1. The number of unbranched alkanes of at least 4 members (excludes halogenated alkanes) is 3. The van der Waals surface area contributed by atoms with E-state index < -0.39 is 0 Å². The molecule has 5 nitrogen and oxygen atoms in total. The van der Waals surface area contributed by atoms with Gasteiger partial charge in [-0.2, -0.15) is 0 Å². The third kappa shape index (κ3) is 5.05. The summed E-state index contributed by atoms with van der Waals surface area (Å²) in [5.41, 5.74) is 1.25. The van der Waals surface area contributed by atoms with E-state index in [2.05, 4.69) is 13.8 Å². The van der Waals surface area contributed by atoms with Gasteiger partial charge in [0.1, 0.15) is 5.82 Å². The second-order valence-electron chi connectivity index (χ2n) is 9.25. The Hall–Kier alpha value is -2.66. The van der Waals surface area contributed by atoms with Gasteiger partial charge in [-0.15, -0.1) is 0 Å². The molecule has 2 aromatic carbocycles. The summed E-state index contributed by atoms with van der Waals surface area (Å²) in [6.45, 7) is 4.96. The van der Waals surface area contributed by atoms with Gasteiger partial charge in [0.05, 0.1) is 22.6 Å². The molecule has 1 atom stereocenters. The number of hydrogen-bond donors (Lipinski definition) is 0. The van der Waals surface area contributed by atoms with Crippen molar-refractivity contribution in [3.05, 3.63) is 69.7 Å². The Kier molecular flexibility index (Phi) is 8.04. The van der Waals surface area contributed by atoms with Crippen LogP contribution in [0.2, 0.25) is 5.02 Å². The molecular weight excluding hydrogens is 446 g/mol. The van der Waals surface area contributed by atoms with Crippen LogP contribution >= 0.6 is 11.6 Å². The van der Waals surface area contributed by atoms with Gasteiger partial charge in [0, 0.05) is 17.5 Å². The lowest BCUT2D eigenvalue weighted by atomic mass is 9.84. The molecule has 0 radical (unpaired) electrons. The standard InChI is InChI=1S/C28H34ClN3O2/c1-3-5-6-9-19-31(27(33)20-11-10-12-20)25(4-2)26-30-24-14-8-7-13-23(24)28(34)32(26)22-17-15-21(29)16-18-22/h7-8,13-18,20,25H,3-6,9-12,19H2,1-2H3. The van der Waals surface area contributed by atoms with Crippen LogP contribution in [0.3, 0.4) is 0 Å². The lowest BCUT2D eigenvalue weighted by Crippen LogP contribution is -2.43. The summed E-state index contributed by atoms with van der Waals surface area (Å²) in [5, 5.41) is 1.17. The van der Waals surface area contributed by atoms with Crippen LogP contribution in [0.15, 0.2) is 53.3 Å². The van der Waals surface area contributed by atoms with Gasteiger partial charge in [-0.3, -0.25) is 14.2 Å². The van der Waals surface area contributed by atoms with Crippen LogP contribution in [0.4, 0.5) is 0 Å². The fraction of sp³-hybridized carbons (Fsp3) is 0.464. The molecule has 34 heavy (non-hydrogen) atoms. The Morgan fingerprint density at radius 3 is 2.47 bits per heavy atom. The van der Waals surface area contributed by atoms with Crippen molar-refractivity contribution in [3.63, 3.8) is 0 Å². The van der Waals surface area contributed by atoms with Gasteiger partial charge in [0.2, 0.25) is 5.91 Å². The maximum atomic E-state index is 13.7. The molecule has 0 aliphatic heterocycles. The monoisotopic (exact) mass is 479 g/mol. The molecule has 0 bridgehead atoms. The van der Waals surface area contributed by atoms with Gasteiger partial charge < -0.3 is 4.90 Å². The highest BCUT2D eigenvalue weighted by atomic mass is 35.5. The summed E-state index contributed by atoms with van der Waals surface area (Å²) in [7, 11) is 0. The summed E-state index contributed by atoms with van der Waals surface area (Å²) in [6, 6.07) is 14.4. The first-order valence-corrected chi connectivity index (χ1v) is 13.0. The van der Waals surface area contributed by atoms with E-state index in [0.717, 1.165) is 44.9 Å². The van der Waals surface area contributed by atoms with E-state index in [4.69, 9.17) is 16.6 Å². The van der Waals surface area contributed by atoms with Gasteiger partial charge >= 0.3 is 0 Å². The zero-order chi connectivity index (χ0) is 24.1. The molecule has 1 aliphatic carbocycles. The lowest BCUT2D eigenvalue weighted by molar-refractivity contribution is -0.141. The highest BCUT2D eigenvalue weighted by Crippen LogP contribution is 2.34. The van der Waals surface area contributed by atoms with Crippen molar-refractivity contribution in [1.29, 1.82) is 0 Å². The van der Waals surface area contributed by atoms with E-state index in [0.29, 0.717) is 40.4 Å². The molecule has 3 aromatic rings. The molecule has 6 heteroatoms. The molecule has 0 spiro atoms. The summed E-state index contributed by atoms with van der Waals surface area (Å²) in [5.74, 6) is 0.924. The first kappa shape index (κ1) is 24.5. The number of amides is 1. The van der Waals surface area contributed by atoms with Crippen LogP contribution in [-0.2, 0) is 4.79 Å². The largest absolute Gasteiger partial charge is 0.332 e. The maximum Gasteiger partial charge on any atom is 0.266 e. The molecule has 0 N–H and O–H groups in total. The van der Waals surface area contributed by atoms with Gasteiger partial charge in [-0.1, -0.05) is 63.3 Å². The Balaban J connectivity index is 1.84. The Bertz CT molecular complexity index is 1180. The highest BCUT2D eigenvalue weighted by Gasteiger charge is 2.35. The molecular formula is C28H34ClN3O2. The van der Waals surface area contributed by atoms with Crippen LogP contribution in [0.25, 0.3) is 16.6 Å². The van der Waals surface area contributed by atoms with Crippen molar-refractivity contribution in [3.8, 4) is 5.69 Å². The van der Waals surface area contributed by atoms with Gasteiger partial charge in [0.15, 0.2) is 0 Å². The Morgan fingerprint density at radius 1 is 1.09 bits per heavy atom. The van der Waals surface area contributed by atoms with E-state index in [-0.39, 0.29) is 23.4 Å². The number of carbonyl (C=O) groups excluding carboxylic acids is 1. The summed E-state index contributed by atoms with van der Waals surface area (Å²) in [4.78, 5) is 34.3. The minimum Gasteiger partial charge on any atom is -0.332 e. The average Bonchev–Trinajstić information content (AvgIpc) is 2.81. The number of fused-ring (bicyclic) bond motifs is 1.